The van der Waals surface area contributed by atoms with Gasteiger partial charge in [-0.15, -0.1) is 11.8 Å². The van der Waals surface area contributed by atoms with E-state index in [2.05, 4.69) is 30.5 Å². The minimum absolute atomic E-state index is 0.147. The summed E-state index contributed by atoms with van der Waals surface area (Å²) in [4.78, 5) is 18.5. The van der Waals surface area contributed by atoms with Crippen LogP contribution in [0.25, 0.3) is 11.4 Å². The smallest absolute Gasteiger partial charge is 0.232 e. The summed E-state index contributed by atoms with van der Waals surface area (Å²) in [5, 5.41) is 10.4. The Morgan fingerprint density at radius 1 is 1.15 bits per heavy atom. The number of nitrogens with zero attached hydrogens (tertiary/aromatic N) is 5. The summed E-state index contributed by atoms with van der Waals surface area (Å²) in [7, 11) is 1.55. The standard InChI is InChI=1S/C22H22F2N8S/c1-11-6-17(31-30-11)27-21-18(12-4-5-12)19(16-9-25-10-26-16)28-22(29-21)32(2)20-14(23)7-13(33-3)8-15(20)24/h6-10,12H,4-5H2,1-3H3,(H,25,26)(H2,27,28,29,30,31). The second-order valence-corrected chi connectivity index (χ2v) is 8.81. The zero-order chi connectivity index (χ0) is 23.1. The van der Waals surface area contributed by atoms with E-state index in [9.17, 15) is 8.78 Å². The Kier molecular flexibility index (Phi) is 5.49. The molecule has 4 aromatic rings. The highest BCUT2D eigenvalue weighted by molar-refractivity contribution is 7.98. The molecule has 3 N–H and O–H groups in total. The van der Waals surface area contributed by atoms with Gasteiger partial charge in [0.15, 0.2) is 17.5 Å². The predicted molar refractivity (Wildman–Crippen MR) is 124 cm³/mol. The van der Waals surface area contributed by atoms with Gasteiger partial charge in [0.2, 0.25) is 5.95 Å². The topological polar surface area (TPSA) is 98.4 Å². The average Bonchev–Trinajstić information content (AvgIpc) is 3.30. The van der Waals surface area contributed by atoms with Crippen LogP contribution in [-0.4, -0.2) is 43.4 Å². The Bertz CT molecular complexity index is 1280. The Hall–Kier alpha value is -3.47. The van der Waals surface area contributed by atoms with Gasteiger partial charge in [-0.3, -0.25) is 5.10 Å². The summed E-state index contributed by atoms with van der Waals surface area (Å²) in [6.07, 6.45) is 7.03. The van der Waals surface area contributed by atoms with Gasteiger partial charge in [0, 0.05) is 29.3 Å². The predicted octanol–water partition coefficient (Wildman–Crippen LogP) is 5.29. The molecule has 8 nitrogen and oxygen atoms in total. The van der Waals surface area contributed by atoms with Crippen molar-refractivity contribution in [2.24, 2.45) is 0 Å². The molecule has 0 spiro atoms. The van der Waals surface area contributed by atoms with Gasteiger partial charge in [-0.2, -0.15) is 10.1 Å². The number of aryl methyl sites for hydroxylation is 1. The van der Waals surface area contributed by atoms with Crippen LogP contribution >= 0.6 is 11.8 Å². The lowest BCUT2D eigenvalue weighted by Gasteiger charge is -2.22. The van der Waals surface area contributed by atoms with Crippen LogP contribution in [0.15, 0.2) is 35.6 Å². The van der Waals surface area contributed by atoms with Gasteiger partial charge < -0.3 is 15.2 Å². The molecule has 0 radical (unpaired) electrons. The fraction of sp³-hybridized carbons (Fsp3) is 0.273. The van der Waals surface area contributed by atoms with E-state index in [1.54, 1.807) is 25.8 Å². The maximum absolute atomic E-state index is 14.9. The molecule has 11 heteroatoms. The zero-order valence-corrected chi connectivity index (χ0v) is 19.1. The Balaban J connectivity index is 1.66. The number of rotatable bonds is 7. The molecule has 1 aliphatic rings. The van der Waals surface area contributed by atoms with E-state index in [0.717, 1.165) is 24.1 Å². The molecule has 5 rings (SSSR count). The Morgan fingerprint density at radius 3 is 2.48 bits per heavy atom. The number of hydrogen-bond acceptors (Lipinski definition) is 7. The first-order valence-corrected chi connectivity index (χ1v) is 11.6. The van der Waals surface area contributed by atoms with Crippen LogP contribution in [0.3, 0.4) is 0 Å². The van der Waals surface area contributed by atoms with Crippen LogP contribution in [-0.2, 0) is 0 Å². The number of anilines is 4. The third-order valence-electron chi connectivity index (χ3n) is 5.49. The number of hydrogen-bond donors (Lipinski definition) is 3. The van der Waals surface area contributed by atoms with Crippen molar-refractivity contribution in [1.82, 2.24) is 30.1 Å². The van der Waals surface area contributed by atoms with Gasteiger partial charge in [0.1, 0.15) is 11.5 Å². The van der Waals surface area contributed by atoms with Gasteiger partial charge in [-0.25, -0.2) is 18.7 Å². The lowest BCUT2D eigenvalue weighted by molar-refractivity contribution is 0.577. The third-order valence-corrected chi connectivity index (χ3v) is 6.19. The van der Waals surface area contributed by atoms with Crippen molar-refractivity contribution >= 4 is 35.0 Å². The van der Waals surface area contributed by atoms with Gasteiger partial charge in [-0.1, -0.05) is 0 Å². The van der Waals surface area contributed by atoms with E-state index in [1.165, 1.54) is 28.8 Å². The lowest BCUT2D eigenvalue weighted by atomic mass is 10.1. The molecule has 3 heterocycles. The van der Waals surface area contributed by atoms with Crippen LogP contribution in [0.4, 0.5) is 32.1 Å². The van der Waals surface area contributed by atoms with Crippen molar-refractivity contribution in [2.45, 2.75) is 30.6 Å². The summed E-state index contributed by atoms with van der Waals surface area (Å²) in [5.41, 5.74) is 2.94. The van der Waals surface area contributed by atoms with E-state index in [1.807, 2.05) is 13.0 Å². The van der Waals surface area contributed by atoms with Gasteiger partial charge in [0.25, 0.3) is 0 Å². The van der Waals surface area contributed by atoms with Crippen molar-refractivity contribution in [3.63, 3.8) is 0 Å². The molecule has 0 atom stereocenters. The fourth-order valence-electron chi connectivity index (χ4n) is 3.74. The number of nitrogens with one attached hydrogen (secondary N) is 3. The maximum Gasteiger partial charge on any atom is 0.232 e. The zero-order valence-electron chi connectivity index (χ0n) is 18.3. The molecule has 1 saturated carbocycles. The Morgan fingerprint density at radius 2 is 1.91 bits per heavy atom. The van der Waals surface area contributed by atoms with Crippen LogP contribution < -0.4 is 10.2 Å². The van der Waals surface area contributed by atoms with Gasteiger partial charge in [-0.05, 0) is 44.1 Å². The summed E-state index contributed by atoms with van der Waals surface area (Å²) in [5.74, 6) is 0.202. The number of H-pyrrole nitrogens is 2. The molecule has 1 fully saturated rings. The molecular formula is C22H22F2N8S. The monoisotopic (exact) mass is 468 g/mol. The van der Waals surface area contributed by atoms with E-state index in [-0.39, 0.29) is 17.6 Å². The molecule has 33 heavy (non-hydrogen) atoms. The van der Waals surface area contributed by atoms with Crippen molar-refractivity contribution < 1.29 is 8.78 Å². The molecule has 0 aliphatic heterocycles. The average molecular weight is 469 g/mol. The summed E-state index contributed by atoms with van der Waals surface area (Å²) in [6, 6.07) is 4.47. The molecule has 170 valence electrons. The number of halogens is 2. The SMILES string of the molecule is CSc1cc(F)c(N(C)c2nc(Nc3cc(C)[nH]n3)c(C3CC3)c(-c3cnc[nH]3)n2)c(F)c1. The number of aromatic amines is 2. The van der Waals surface area contributed by atoms with Crippen LogP contribution in [0.2, 0.25) is 0 Å². The molecule has 1 aromatic carbocycles. The molecule has 0 amide bonds. The normalized spacial score (nSPS) is 13.4. The van der Waals surface area contributed by atoms with E-state index in [0.29, 0.717) is 27.9 Å². The summed E-state index contributed by atoms with van der Waals surface area (Å²) in [6.45, 7) is 1.90. The second kappa shape index (κ2) is 8.47. The van der Waals surface area contributed by atoms with Gasteiger partial charge in [0.05, 0.1) is 23.9 Å². The first kappa shape index (κ1) is 21.4. The van der Waals surface area contributed by atoms with Crippen molar-refractivity contribution in [1.29, 1.82) is 0 Å². The Labute approximate surface area is 193 Å². The van der Waals surface area contributed by atoms with Crippen molar-refractivity contribution in [2.75, 3.05) is 23.5 Å². The quantitative estimate of drug-likeness (QED) is 0.317. The number of aromatic nitrogens is 6. The van der Waals surface area contributed by atoms with Crippen molar-refractivity contribution in [3.8, 4) is 11.4 Å². The largest absolute Gasteiger partial charge is 0.343 e. The number of benzene rings is 1. The number of thioether (sulfide) groups is 1. The number of imidazole rings is 1. The summed E-state index contributed by atoms with van der Waals surface area (Å²) < 4.78 is 29.8. The van der Waals surface area contributed by atoms with Crippen molar-refractivity contribution in [3.05, 3.63) is 53.6 Å². The molecule has 0 unspecified atom stereocenters. The maximum atomic E-state index is 14.9. The fourth-order valence-corrected chi connectivity index (χ4v) is 4.18. The minimum Gasteiger partial charge on any atom is -0.343 e. The summed E-state index contributed by atoms with van der Waals surface area (Å²) >= 11 is 1.27. The highest BCUT2D eigenvalue weighted by Crippen LogP contribution is 2.48. The minimum atomic E-state index is -0.683. The molecule has 1 aliphatic carbocycles. The van der Waals surface area contributed by atoms with E-state index < -0.39 is 11.6 Å². The highest BCUT2D eigenvalue weighted by atomic mass is 32.2. The molecule has 0 saturated heterocycles. The van der Waals surface area contributed by atoms with Crippen LogP contribution in [0, 0.1) is 18.6 Å². The highest BCUT2D eigenvalue weighted by Gasteiger charge is 2.33. The second-order valence-electron chi connectivity index (χ2n) is 7.93. The first-order chi connectivity index (χ1) is 15.9. The lowest BCUT2D eigenvalue weighted by Crippen LogP contribution is -2.18. The molecule has 0 bridgehead atoms. The first-order valence-electron chi connectivity index (χ1n) is 10.4. The molecular weight excluding hydrogens is 446 g/mol. The van der Waals surface area contributed by atoms with E-state index >= 15 is 0 Å². The van der Waals surface area contributed by atoms with Gasteiger partial charge >= 0.3 is 0 Å². The molecule has 3 aromatic heterocycles. The van der Waals surface area contributed by atoms with Crippen LogP contribution in [0.1, 0.15) is 30.0 Å². The van der Waals surface area contributed by atoms with Crippen LogP contribution in [0.5, 0.6) is 0 Å². The van der Waals surface area contributed by atoms with E-state index in [4.69, 9.17) is 4.98 Å². The third kappa shape index (κ3) is 4.15.